The highest BCUT2D eigenvalue weighted by Gasteiger charge is 2.30. The van der Waals surface area contributed by atoms with Crippen LogP contribution >= 0.6 is 0 Å². The zero-order valence-electron chi connectivity index (χ0n) is 10.5. The summed E-state index contributed by atoms with van der Waals surface area (Å²) in [5, 5.41) is 22.3. The average Bonchev–Trinajstić information content (AvgIpc) is 2.28. The van der Waals surface area contributed by atoms with Crippen LogP contribution in [0.5, 0.6) is 0 Å². The number of hydrogen-bond acceptors (Lipinski definition) is 3. The highest BCUT2D eigenvalue weighted by atomic mass is 16.3. The van der Waals surface area contributed by atoms with Crippen molar-refractivity contribution in [1.82, 2.24) is 5.32 Å². The first-order valence-electron chi connectivity index (χ1n) is 6.70. The maximum Gasteiger partial charge on any atom is 0.0771 e. The molecule has 16 heavy (non-hydrogen) atoms. The van der Waals surface area contributed by atoms with Crippen LogP contribution in [0.25, 0.3) is 0 Å². The lowest BCUT2D eigenvalue weighted by atomic mass is 9.79. The molecule has 0 spiro atoms. The number of aliphatic hydroxyl groups is 2. The van der Waals surface area contributed by atoms with Crippen LogP contribution in [0, 0.1) is 5.92 Å². The van der Waals surface area contributed by atoms with Crippen LogP contribution in [0.1, 0.15) is 51.9 Å². The van der Waals surface area contributed by atoms with Gasteiger partial charge in [0, 0.05) is 13.2 Å². The Labute approximate surface area is 99.3 Å². The van der Waals surface area contributed by atoms with E-state index in [1.807, 2.05) is 0 Å². The molecule has 0 radical (unpaired) electrons. The van der Waals surface area contributed by atoms with Crippen LogP contribution in [0.15, 0.2) is 0 Å². The molecule has 3 nitrogen and oxygen atoms in total. The van der Waals surface area contributed by atoms with Gasteiger partial charge < -0.3 is 15.5 Å². The van der Waals surface area contributed by atoms with E-state index in [4.69, 9.17) is 5.11 Å². The molecule has 0 saturated heterocycles. The van der Waals surface area contributed by atoms with Gasteiger partial charge in [-0.25, -0.2) is 0 Å². The fraction of sp³-hybridized carbons (Fsp3) is 1.00. The minimum Gasteiger partial charge on any atom is -0.396 e. The minimum atomic E-state index is -0.455. The summed E-state index contributed by atoms with van der Waals surface area (Å²) in [5.74, 6) is 0.782. The van der Waals surface area contributed by atoms with E-state index in [2.05, 4.69) is 12.2 Å². The Morgan fingerprint density at radius 2 is 1.88 bits per heavy atom. The summed E-state index contributed by atoms with van der Waals surface area (Å²) in [5.41, 5.74) is -0.455. The molecule has 3 N–H and O–H groups in total. The Hall–Kier alpha value is -0.120. The van der Waals surface area contributed by atoms with Gasteiger partial charge in [-0.2, -0.15) is 0 Å². The monoisotopic (exact) mass is 229 g/mol. The lowest BCUT2D eigenvalue weighted by Crippen LogP contribution is -2.43. The highest BCUT2D eigenvalue weighted by molar-refractivity contribution is 4.86. The molecule has 1 rings (SSSR count). The van der Waals surface area contributed by atoms with Crippen LogP contribution in [0.4, 0.5) is 0 Å². The number of unbranched alkanes of at least 4 members (excludes halogenated alkanes) is 2. The summed E-state index contributed by atoms with van der Waals surface area (Å²) < 4.78 is 0. The van der Waals surface area contributed by atoms with E-state index in [1.165, 1.54) is 0 Å². The smallest absolute Gasteiger partial charge is 0.0771 e. The van der Waals surface area contributed by atoms with Crippen molar-refractivity contribution >= 4 is 0 Å². The van der Waals surface area contributed by atoms with Crippen molar-refractivity contribution in [2.45, 2.75) is 57.5 Å². The van der Waals surface area contributed by atoms with Crippen molar-refractivity contribution in [2.24, 2.45) is 5.92 Å². The first-order valence-corrected chi connectivity index (χ1v) is 6.70. The fourth-order valence-corrected chi connectivity index (χ4v) is 2.34. The van der Waals surface area contributed by atoms with Crippen LogP contribution in [-0.4, -0.2) is 35.5 Å². The molecule has 0 aromatic rings. The maximum atomic E-state index is 10.3. The van der Waals surface area contributed by atoms with Gasteiger partial charge in [-0.1, -0.05) is 6.92 Å². The molecule has 1 aliphatic carbocycles. The van der Waals surface area contributed by atoms with Gasteiger partial charge in [0.05, 0.1) is 5.60 Å². The van der Waals surface area contributed by atoms with Crippen molar-refractivity contribution in [1.29, 1.82) is 0 Å². The molecular weight excluding hydrogens is 202 g/mol. The zero-order valence-corrected chi connectivity index (χ0v) is 10.5. The molecule has 0 aromatic heterocycles. The van der Waals surface area contributed by atoms with Crippen molar-refractivity contribution in [3.05, 3.63) is 0 Å². The third-order valence-corrected chi connectivity index (χ3v) is 3.67. The SMILES string of the molecule is CC1CCC(O)(CNCCCCCO)CC1. The normalized spacial score (nSPS) is 30.6. The highest BCUT2D eigenvalue weighted by Crippen LogP contribution is 2.31. The zero-order chi connectivity index (χ0) is 11.9. The maximum absolute atomic E-state index is 10.3. The molecule has 0 amide bonds. The topological polar surface area (TPSA) is 52.5 Å². The van der Waals surface area contributed by atoms with Gasteiger partial charge in [0.1, 0.15) is 0 Å². The second-order valence-electron chi connectivity index (χ2n) is 5.37. The second-order valence-corrected chi connectivity index (χ2v) is 5.37. The third kappa shape index (κ3) is 5.28. The second kappa shape index (κ2) is 7.25. The number of hydrogen-bond donors (Lipinski definition) is 3. The molecule has 96 valence electrons. The van der Waals surface area contributed by atoms with Gasteiger partial charge >= 0.3 is 0 Å². The van der Waals surface area contributed by atoms with Gasteiger partial charge in [-0.3, -0.25) is 0 Å². The standard InChI is InChI=1S/C13H27NO2/c1-12-5-7-13(16,8-6-12)11-14-9-3-2-4-10-15/h12,14-16H,2-11H2,1H3. The van der Waals surface area contributed by atoms with Crippen molar-refractivity contribution in [2.75, 3.05) is 19.7 Å². The Bertz CT molecular complexity index is 177. The average molecular weight is 229 g/mol. The lowest BCUT2D eigenvalue weighted by Gasteiger charge is -2.35. The van der Waals surface area contributed by atoms with Crippen LogP contribution in [0.3, 0.4) is 0 Å². The predicted octanol–water partition coefficient (Wildman–Crippen LogP) is 1.68. The Kier molecular flexibility index (Phi) is 6.32. The van der Waals surface area contributed by atoms with Gasteiger partial charge in [0.15, 0.2) is 0 Å². The molecular formula is C13H27NO2. The summed E-state index contributed by atoms with van der Waals surface area (Å²) in [6.07, 6.45) is 7.25. The van der Waals surface area contributed by atoms with E-state index in [9.17, 15) is 5.11 Å². The molecule has 1 saturated carbocycles. The summed E-state index contributed by atoms with van der Waals surface area (Å²) >= 11 is 0. The summed E-state index contributed by atoms with van der Waals surface area (Å²) in [7, 11) is 0. The van der Waals surface area contributed by atoms with Crippen molar-refractivity contribution < 1.29 is 10.2 Å². The van der Waals surface area contributed by atoms with Crippen LogP contribution < -0.4 is 5.32 Å². The van der Waals surface area contributed by atoms with E-state index in [1.54, 1.807) is 0 Å². The molecule has 0 aliphatic heterocycles. The molecule has 0 aromatic carbocycles. The molecule has 3 heteroatoms. The minimum absolute atomic E-state index is 0.293. The summed E-state index contributed by atoms with van der Waals surface area (Å²) in [6, 6.07) is 0. The third-order valence-electron chi connectivity index (χ3n) is 3.67. The van der Waals surface area contributed by atoms with Gasteiger partial charge in [-0.15, -0.1) is 0 Å². The number of nitrogens with one attached hydrogen (secondary N) is 1. The van der Waals surface area contributed by atoms with E-state index >= 15 is 0 Å². The van der Waals surface area contributed by atoms with E-state index in [-0.39, 0.29) is 0 Å². The Morgan fingerprint density at radius 1 is 1.19 bits per heavy atom. The van der Waals surface area contributed by atoms with Gasteiger partial charge in [-0.05, 0) is 57.4 Å². The largest absolute Gasteiger partial charge is 0.396 e. The summed E-state index contributed by atoms with van der Waals surface area (Å²) in [6.45, 7) is 4.25. The van der Waals surface area contributed by atoms with Crippen molar-refractivity contribution in [3.8, 4) is 0 Å². The predicted molar refractivity (Wildman–Crippen MR) is 66.4 cm³/mol. The molecule has 0 bridgehead atoms. The molecule has 0 heterocycles. The quantitative estimate of drug-likeness (QED) is 0.582. The molecule has 0 unspecified atom stereocenters. The summed E-state index contributed by atoms with van der Waals surface area (Å²) in [4.78, 5) is 0. The molecule has 1 fully saturated rings. The molecule has 0 atom stereocenters. The van der Waals surface area contributed by atoms with Crippen LogP contribution in [-0.2, 0) is 0 Å². The van der Waals surface area contributed by atoms with Crippen LogP contribution in [0.2, 0.25) is 0 Å². The first kappa shape index (κ1) is 13.9. The van der Waals surface area contributed by atoms with E-state index in [0.29, 0.717) is 6.61 Å². The number of rotatable bonds is 7. The number of aliphatic hydroxyl groups excluding tert-OH is 1. The first-order chi connectivity index (χ1) is 7.66. The van der Waals surface area contributed by atoms with Gasteiger partial charge in [0.2, 0.25) is 0 Å². The van der Waals surface area contributed by atoms with E-state index < -0.39 is 5.60 Å². The Balaban J connectivity index is 2.03. The van der Waals surface area contributed by atoms with Gasteiger partial charge in [0.25, 0.3) is 0 Å². The van der Waals surface area contributed by atoms with E-state index in [0.717, 1.165) is 64.0 Å². The fourth-order valence-electron chi connectivity index (χ4n) is 2.34. The lowest BCUT2D eigenvalue weighted by molar-refractivity contribution is -0.00597. The Morgan fingerprint density at radius 3 is 2.50 bits per heavy atom. The molecule has 1 aliphatic rings. The van der Waals surface area contributed by atoms with Crippen molar-refractivity contribution in [3.63, 3.8) is 0 Å².